The van der Waals surface area contributed by atoms with Crippen molar-refractivity contribution in [2.75, 3.05) is 6.61 Å². The largest absolute Gasteiger partial charge is 0.488 e. The highest BCUT2D eigenvalue weighted by Gasteiger charge is 2.30. The van der Waals surface area contributed by atoms with Crippen LogP contribution < -0.4 is 4.74 Å². The molecule has 0 heterocycles. The molecule has 0 atom stereocenters. The lowest BCUT2D eigenvalue weighted by molar-refractivity contribution is -0.0347. The molecule has 1 fully saturated rings. The summed E-state index contributed by atoms with van der Waals surface area (Å²) in [7, 11) is 0. The molecule has 0 unspecified atom stereocenters. The van der Waals surface area contributed by atoms with Crippen LogP contribution in [0.1, 0.15) is 37.7 Å². The van der Waals surface area contributed by atoms with Crippen molar-refractivity contribution in [3.8, 4) is 11.8 Å². The molecule has 1 aliphatic carbocycles. The second-order valence-electron chi connectivity index (χ2n) is 4.83. The lowest BCUT2D eigenvalue weighted by Gasteiger charge is -2.31. The van der Waals surface area contributed by atoms with Gasteiger partial charge in [-0.2, -0.15) is 5.26 Å². The van der Waals surface area contributed by atoms with E-state index in [0.717, 1.165) is 25.3 Å². The maximum atomic E-state index is 13.6. The van der Waals surface area contributed by atoms with Crippen LogP contribution in [0, 0.1) is 17.1 Å². The molecular weight excluding hydrogens is 233 g/mol. The zero-order chi connectivity index (χ0) is 13.0. The summed E-state index contributed by atoms with van der Waals surface area (Å²) in [6.45, 7) is 0.107. The number of hydrogen-bond donors (Lipinski definition) is 1. The molecule has 1 N–H and O–H groups in total. The Balaban J connectivity index is 2.00. The van der Waals surface area contributed by atoms with Gasteiger partial charge in [-0.05, 0) is 31.0 Å². The lowest BCUT2D eigenvalue weighted by atomic mass is 9.85. The molecule has 0 aromatic heterocycles. The topological polar surface area (TPSA) is 53.2 Å². The Hall–Kier alpha value is -1.60. The number of rotatable bonds is 3. The number of hydrogen-bond acceptors (Lipinski definition) is 3. The molecule has 1 saturated carbocycles. The first kappa shape index (κ1) is 12.8. The summed E-state index contributed by atoms with van der Waals surface area (Å²) in [6, 6.07) is 5.94. The highest BCUT2D eigenvalue weighted by Crippen LogP contribution is 2.29. The van der Waals surface area contributed by atoms with E-state index in [2.05, 4.69) is 0 Å². The van der Waals surface area contributed by atoms with E-state index >= 15 is 0 Å². The van der Waals surface area contributed by atoms with Gasteiger partial charge in [-0.15, -0.1) is 0 Å². The van der Waals surface area contributed by atoms with Gasteiger partial charge >= 0.3 is 0 Å². The molecule has 0 aliphatic heterocycles. The van der Waals surface area contributed by atoms with Gasteiger partial charge in [0.1, 0.15) is 6.61 Å². The summed E-state index contributed by atoms with van der Waals surface area (Å²) in [5, 5.41) is 18.9. The third-order valence-corrected chi connectivity index (χ3v) is 3.34. The van der Waals surface area contributed by atoms with E-state index in [9.17, 15) is 9.50 Å². The molecule has 4 heteroatoms. The first-order valence-corrected chi connectivity index (χ1v) is 6.18. The summed E-state index contributed by atoms with van der Waals surface area (Å²) in [5.74, 6) is -0.471. The van der Waals surface area contributed by atoms with Crippen molar-refractivity contribution in [2.45, 2.75) is 37.7 Å². The Morgan fingerprint density at radius 2 is 2.06 bits per heavy atom. The molecular formula is C14H16FNO2. The molecule has 1 aromatic rings. The number of benzene rings is 1. The zero-order valence-electron chi connectivity index (χ0n) is 10.2. The molecule has 0 saturated heterocycles. The Morgan fingerprint density at radius 3 is 2.67 bits per heavy atom. The number of nitrogens with zero attached hydrogens (tertiary/aromatic N) is 1. The van der Waals surface area contributed by atoms with E-state index in [1.165, 1.54) is 12.1 Å². The Morgan fingerprint density at radius 1 is 1.33 bits per heavy atom. The molecule has 0 amide bonds. The van der Waals surface area contributed by atoms with E-state index in [-0.39, 0.29) is 17.9 Å². The van der Waals surface area contributed by atoms with Crippen LogP contribution in [0.5, 0.6) is 5.75 Å². The van der Waals surface area contributed by atoms with Gasteiger partial charge in [-0.1, -0.05) is 19.3 Å². The highest BCUT2D eigenvalue weighted by atomic mass is 19.1. The fourth-order valence-corrected chi connectivity index (χ4v) is 2.25. The number of ether oxygens (including phenoxy) is 1. The van der Waals surface area contributed by atoms with Crippen LogP contribution >= 0.6 is 0 Å². The second-order valence-corrected chi connectivity index (χ2v) is 4.83. The lowest BCUT2D eigenvalue weighted by Crippen LogP contribution is -2.38. The molecule has 0 bridgehead atoms. The molecule has 1 aromatic carbocycles. The third-order valence-electron chi connectivity index (χ3n) is 3.34. The fourth-order valence-electron chi connectivity index (χ4n) is 2.25. The number of nitriles is 1. The van der Waals surface area contributed by atoms with E-state index in [1.54, 1.807) is 0 Å². The highest BCUT2D eigenvalue weighted by molar-refractivity contribution is 5.36. The van der Waals surface area contributed by atoms with Crippen molar-refractivity contribution in [2.24, 2.45) is 0 Å². The van der Waals surface area contributed by atoms with Crippen LogP contribution in [0.3, 0.4) is 0 Å². The van der Waals surface area contributed by atoms with Crippen LogP contribution in [0.2, 0.25) is 0 Å². The van der Waals surface area contributed by atoms with E-state index in [1.807, 2.05) is 6.07 Å². The van der Waals surface area contributed by atoms with E-state index in [0.29, 0.717) is 12.8 Å². The van der Waals surface area contributed by atoms with Gasteiger partial charge in [0, 0.05) is 0 Å². The van der Waals surface area contributed by atoms with Crippen molar-refractivity contribution in [1.29, 1.82) is 5.26 Å². The smallest absolute Gasteiger partial charge is 0.166 e. The van der Waals surface area contributed by atoms with Crippen LogP contribution in [0.25, 0.3) is 0 Å². The van der Waals surface area contributed by atoms with E-state index < -0.39 is 11.4 Å². The standard InChI is InChI=1S/C14H16FNO2/c15-12-8-11(9-16)4-5-13(12)18-10-14(17)6-2-1-3-7-14/h4-5,8,17H,1-3,6-7,10H2. The van der Waals surface area contributed by atoms with Crippen LogP contribution in [0.4, 0.5) is 4.39 Å². The fraction of sp³-hybridized carbons (Fsp3) is 0.500. The molecule has 0 radical (unpaired) electrons. The van der Waals surface area contributed by atoms with Crippen molar-refractivity contribution in [3.63, 3.8) is 0 Å². The molecule has 3 nitrogen and oxygen atoms in total. The summed E-state index contributed by atoms with van der Waals surface area (Å²) >= 11 is 0. The molecule has 0 spiro atoms. The van der Waals surface area contributed by atoms with Crippen molar-refractivity contribution < 1.29 is 14.2 Å². The maximum Gasteiger partial charge on any atom is 0.166 e. The third kappa shape index (κ3) is 2.99. The average molecular weight is 249 g/mol. The quantitative estimate of drug-likeness (QED) is 0.896. The molecule has 2 rings (SSSR count). The number of halogens is 1. The Labute approximate surface area is 106 Å². The Bertz CT molecular complexity index is 461. The number of aliphatic hydroxyl groups is 1. The van der Waals surface area contributed by atoms with Crippen LogP contribution in [-0.2, 0) is 0 Å². The predicted octanol–water partition coefficient (Wildman–Crippen LogP) is 2.77. The van der Waals surface area contributed by atoms with Gasteiger partial charge in [0.2, 0.25) is 0 Å². The average Bonchev–Trinajstić information content (AvgIpc) is 2.38. The SMILES string of the molecule is N#Cc1ccc(OCC2(O)CCCCC2)c(F)c1. The summed E-state index contributed by atoms with van der Waals surface area (Å²) in [4.78, 5) is 0. The second kappa shape index (κ2) is 5.36. The first-order valence-electron chi connectivity index (χ1n) is 6.18. The van der Waals surface area contributed by atoms with Gasteiger partial charge in [0.25, 0.3) is 0 Å². The Kier molecular flexibility index (Phi) is 3.83. The van der Waals surface area contributed by atoms with Crippen LogP contribution in [0.15, 0.2) is 18.2 Å². The molecule has 18 heavy (non-hydrogen) atoms. The van der Waals surface area contributed by atoms with Gasteiger partial charge in [0.05, 0.1) is 17.2 Å². The maximum absolute atomic E-state index is 13.6. The van der Waals surface area contributed by atoms with Crippen molar-refractivity contribution in [1.82, 2.24) is 0 Å². The van der Waals surface area contributed by atoms with Gasteiger partial charge < -0.3 is 9.84 Å². The minimum atomic E-state index is -0.835. The van der Waals surface area contributed by atoms with E-state index in [4.69, 9.17) is 10.00 Å². The van der Waals surface area contributed by atoms with Gasteiger partial charge in [-0.25, -0.2) is 4.39 Å². The van der Waals surface area contributed by atoms with Gasteiger partial charge in [0.15, 0.2) is 11.6 Å². The minimum absolute atomic E-state index is 0.0907. The van der Waals surface area contributed by atoms with Gasteiger partial charge in [-0.3, -0.25) is 0 Å². The van der Waals surface area contributed by atoms with Crippen molar-refractivity contribution >= 4 is 0 Å². The zero-order valence-corrected chi connectivity index (χ0v) is 10.2. The summed E-state index contributed by atoms with van der Waals surface area (Å²) in [5.41, 5.74) is -0.574. The predicted molar refractivity (Wildman–Crippen MR) is 64.6 cm³/mol. The molecule has 96 valence electrons. The minimum Gasteiger partial charge on any atom is -0.488 e. The summed E-state index contributed by atoms with van der Waals surface area (Å²) in [6.07, 6.45) is 4.49. The first-order chi connectivity index (χ1) is 8.63. The normalized spacial score (nSPS) is 18.1. The monoisotopic (exact) mass is 249 g/mol. The summed E-state index contributed by atoms with van der Waals surface area (Å²) < 4.78 is 18.9. The molecule has 1 aliphatic rings. The van der Waals surface area contributed by atoms with Crippen LogP contribution in [-0.4, -0.2) is 17.3 Å². The van der Waals surface area contributed by atoms with Crippen molar-refractivity contribution in [3.05, 3.63) is 29.6 Å².